The lowest BCUT2D eigenvalue weighted by molar-refractivity contribution is -0.149. The van der Waals surface area contributed by atoms with Crippen molar-refractivity contribution in [2.75, 3.05) is 0 Å². The third kappa shape index (κ3) is 3.05. The summed E-state index contributed by atoms with van der Waals surface area (Å²) in [6, 6.07) is 1.58. The van der Waals surface area contributed by atoms with Gasteiger partial charge in [-0.1, -0.05) is 0 Å². The van der Waals surface area contributed by atoms with Gasteiger partial charge >= 0.3 is 6.18 Å². The number of rotatable bonds is 3. The number of halogens is 3. The molecule has 7 heteroatoms. The van der Waals surface area contributed by atoms with Crippen molar-refractivity contribution in [3.05, 3.63) is 46.2 Å². The van der Waals surface area contributed by atoms with E-state index in [1.54, 1.807) is 29.9 Å². The summed E-state index contributed by atoms with van der Waals surface area (Å²) in [5.41, 5.74) is 6.62. The summed E-state index contributed by atoms with van der Waals surface area (Å²) >= 11 is 0.932. The zero-order chi connectivity index (χ0) is 13.2. The van der Waals surface area contributed by atoms with E-state index in [2.05, 4.69) is 9.97 Å². The molecule has 0 bridgehead atoms. The van der Waals surface area contributed by atoms with Crippen molar-refractivity contribution >= 4 is 11.3 Å². The van der Waals surface area contributed by atoms with E-state index in [4.69, 9.17) is 5.73 Å². The van der Waals surface area contributed by atoms with Crippen LogP contribution in [0.25, 0.3) is 0 Å². The van der Waals surface area contributed by atoms with Crippen LogP contribution < -0.4 is 5.73 Å². The Hall–Kier alpha value is -1.47. The van der Waals surface area contributed by atoms with Crippen molar-refractivity contribution in [2.24, 2.45) is 5.73 Å². The number of thiazole rings is 1. The number of nitrogens with zero attached hydrogens (tertiary/aromatic N) is 2. The van der Waals surface area contributed by atoms with Crippen molar-refractivity contribution in [1.29, 1.82) is 0 Å². The average molecular weight is 273 g/mol. The molecule has 0 unspecified atom stereocenters. The van der Waals surface area contributed by atoms with E-state index < -0.39 is 12.2 Å². The third-order valence-electron chi connectivity index (χ3n) is 2.32. The molecule has 2 N–H and O–H groups in total. The van der Waals surface area contributed by atoms with Gasteiger partial charge in [-0.25, -0.2) is 4.98 Å². The summed E-state index contributed by atoms with van der Waals surface area (Å²) < 4.78 is 37.2. The number of alkyl halides is 3. The minimum Gasteiger partial charge on any atom is -0.314 e. The van der Waals surface area contributed by atoms with Gasteiger partial charge < -0.3 is 5.73 Å². The van der Waals surface area contributed by atoms with Crippen LogP contribution in [0.15, 0.2) is 29.9 Å². The van der Waals surface area contributed by atoms with Crippen molar-refractivity contribution in [3.8, 4) is 0 Å². The predicted octanol–water partition coefficient (Wildman–Crippen LogP) is 2.69. The summed E-state index contributed by atoms with van der Waals surface area (Å²) in [6.45, 7) is 0. The predicted molar refractivity (Wildman–Crippen MR) is 62.1 cm³/mol. The molecule has 2 heterocycles. The van der Waals surface area contributed by atoms with E-state index in [-0.39, 0.29) is 5.01 Å². The molecule has 0 spiro atoms. The highest BCUT2D eigenvalue weighted by Gasteiger charge is 2.39. The fraction of sp³-hybridized carbons (Fsp3) is 0.273. The van der Waals surface area contributed by atoms with Crippen LogP contribution in [0.1, 0.15) is 22.3 Å². The Balaban J connectivity index is 2.12. The van der Waals surface area contributed by atoms with Crippen LogP contribution in [0.3, 0.4) is 0 Å². The molecule has 3 nitrogen and oxygen atoms in total. The molecule has 0 aromatic carbocycles. The molecule has 0 saturated heterocycles. The van der Waals surface area contributed by atoms with E-state index >= 15 is 0 Å². The molecule has 0 amide bonds. The summed E-state index contributed by atoms with van der Waals surface area (Å²) in [4.78, 5) is 7.79. The van der Waals surface area contributed by atoms with Gasteiger partial charge in [0.1, 0.15) is 5.01 Å². The van der Waals surface area contributed by atoms with Crippen LogP contribution in [0.4, 0.5) is 13.2 Å². The Morgan fingerprint density at radius 2 is 1.94 bits per heavy atom. The first-order valence-electron chi connectivity index (χ1n) is 5.12. The Morgan fingerprint density at radius 1 is 1.28 bits per heavy atom. The number of hydrogen-bond donors (Lipinski definition) is 1. The van der Waals surface area contributed by atoms with Crippen molar-refractivity contribution in [3.63, 3.8) is 0 Å². The molecule has 96 valence electrons. The van der Waals surface area contributed by atoms with Crippen LogP contribution in [0.2, 0.25) is 0 Å². The van der Waals surface area contributed by atoms with Gasteiger partial charge in [0.25, 0.3) is 0 Å². The van der Waals surface area contributed by atoms with Gasteiger partial charge in [-0.15, -0.1) is 11.3 Å². The Bertz CT molecular complexity index is 510. The molecule has 0 aliphatic rings. The lowest BCUT2D eigenvalue weighted by Crippen LogP contribution is -2.28. The van der Waals surface area contributed by atoms with Gasteiger partial charge in [0.2, 0.25) is 0 Å². The maximum atomic E-state index is 12.4. The molecule has 0 aliphatic heterocycles. The number of nitrogens with two attached hydrogens (primary N) is 1. The van der Waals surface area contributed by atoms with Crippen molar-refractivity contribution in [1.82, 2.24) is 9.97 Å². The molecular weight excluding hydrogens is 263 g/mol. The first-order valence-corrected chi connectivity index (χ1v) is 6.00. The van der Waals surface area contributed by atoms with Crippen molar-refractivity contribution < 1.29 is 13.2 Å². The van der Waals surface area contributed by atoms with Gasteiger partial charge in [0, 0.05) is 24.2 Å². The van der Waals surface area contributed by atoms with Crippen LogP contribution in [0.5, 0.6) is 0 Å². The smallest absolute Gasteiger partial charge is 0.314 e. The molecule has 2 aromatic heterocycles. The van der Waals surface area contributed by atoms with Crippen LogP contribution in [-0.2, 0) is 6.42 Å². The Morgan fingerprint density at radius 3 is 2.56 bits per heavy atom. The molecule has 1 atom stereocenters. The second-order valence-electron chi connectivity index (χ2n) is 3.73. The van der Waals surface area contributed by atoms with Crippen LogP contribution in [-0.4, -0.2) is 16.1 Å². The first-order chi connectivity index (χ1) is 8.47. The Labute approximate surface area is 105 Å². The topological polar surface area (TPSA) is 51.8 Å². The Kier molecular flexibility index (Phi) is 3.63. The van der Waals surface area contributed by atoms with E-state index in [9.17, 15) is 13.2 Å². The van der Waals surface area contributed by atoms with Crippen LogP contribution >= 0.6 is 11.3 Å². The molecular formula is C11H10F3N3S. The van der Waals surface area contributed by atoms with E-state index in [0.717, 1.165) is 16.9 Å². The maximum Gasteiger partial charge on any atom is 0.410 e. The average Bonchev–Trinajstić information content (AvgIpc) is 2.76. The molecule has 2 rings (SSSR count). The fourth-order valence-electron chi connectivity index (χ4n) is 1.40. The third-order valence-corrected chi connectivity index (χ3v) is 3.30. The largest absolute Gasteiger partial charge is 0.410 e. The number of pyridine rings is 1. The normalized spacial score (nSPS) is 13.6. The van der Waals surface area contributed by atoms with E-state index in [1.165, 1.54) is 0 Å². The highest BCUT2D eigenvalue weighted by molar-refractivity contribution is 7.09. The minimum atomic E-state index is -4.45. The second kappa shape index (κ2) is 5.03. The zero-order valence-corrected chi connectivity index (χ0v) is 10.0. The van der Waals surface area contributed by atoms with Gasteiger partial charge in [-0.2, -0.15) is 13.2 Å². The van der Waals surface area contributed by atoms with Gasteiger partial charge in [0.05, 0.1) is 5.69 Å². The second-order valence-corrected chi connectivity index (χ2v) is 4.62. The molecule has 0 fully saturated rings. The monoisotopic (exact) mass is 273 g/mol. The number of aromatic nitrogens is 2. The fourth-order valence-corrected chi connectivity index (χ4v) is 2.24. The maximum absolute atomic E-state index is 12.4. The molecule has 0 saturated carbocycles. The van der Waals surface area contributed by atoms with Gasteiger partial charge in [-0.3, -0.25) is 4.98 Å². The first kappa shape index (κ1) is 13.0. The van der Waals surface area contributed by atoms with Crippen molar-refractivity contribution in [2.45, 2.75) is 18.6 Å². The SMILES string of the molecule is N[C@H](c1nc(Cc2ccncc2)cs1)C(F)(F)F. The summed E-state index contributed by atoms with van der Waals surface area (Å²) in [5, 5.41) is 1.49. The van der Waals surface area contributed by atoms with E-state index in [0.29, 0.717) is 12.1 Å². The summed E-state index contributed by atoms with van der Waals surface area (Å²) in [5.74, 6) is 0. The van der Waals surface area contributed by atoms with Crippen LogP contribution in [0, 0.1) is 0 Å². The standard InChI is InChI=1S/C11H10F3N3S/c12-11(13,14)9(15)10-17-8(6-18-10)5-7-1-3-16-4-2-7/h1-4,6,9H,5,15H2/t9-/m1/s1. The zero-order valence-electron chi connectivity index (χ0n) is 9.19. The minimum absolute atomic E-state index is 0.105. The van der Waals surface area contributed by atoms with Gasteiger partial charge in [0.15, 0.2) is 6.04 Å². The molecule has 0 radical (unpaired) electrons. The van der Waals surface area contributed by atoms with E-state index in [1.807, 2.05) is 0 Å². The highest BCUT2D eigenvalue weighted by atomic mass is 32.1. The summed E-state index contributed by atoms with van der Waals surface area (Å²) in [6.07, 6.45) is -0.719. The summed E-state index contributed by atoms with van der Waals surface area (Å²) in [7, 11) is 0. The van der Waals surface area contributed by atoms with Gasteiger partial charge in [-0.05, 0) is 17.7 Å². The molecule has 0 aliphatic carbocycles. The molecule has 18 heavy (non-hydrogen) atoms. The molecule has 2 aromatic rings. The lowest BCUT2D eigenvalue weighted by Gasteiger charge is -2.12. The number of hydrogen-bond acceptors (Lipinski definition) is 4. The quantitative estimate of drug-likeness (QED) is 0.935. The highest BCUT2D eigenvalue weighted by Crippen LogP contribution is 2.32. The lowest BCUT2D eigenvalue weighted by atomic mass is 10.2.